The maximum atomic E-state index is 5.67. The van der Waals surface area contributed by atoms with E-state index in [0.29, 0.717) is 5.92 Å². The van der Waals surface area contributed by atoms with Gasteiger partial charge >= 0.3 is 0 Å². The van der Waals surface area contributed by atoms with Gasteiger partial charge in [-0.25, -0.2) is 0 Å². The zero-order chi connectivity index (χ0) is 11.4. The van der Waals surface area contributed by atoms with Crippen molar-refractivity contribution >= 4 is 0 Å². The number of nitrogens with two attached hydrogens (primary N) is 1. The van der Waals surface area contributed by atoms with Gasteiger partial charge in [0.05, 0.1) is 11.7 Å². The summed E-state index contributed by atoms with van der Waals surface area (Å²) in [4.78, 5) is 4.44. The van der Waals surface area contributed by atoms with Crippen LogP contribution in [0.2, 0.25) is 0 Å². The van der Waals surface area contributed by atoms with Crippen LogP contribution in [0.15, 0.2) is 18.3 Å². The van der Waals surface area contributed by atoms with Gasteiger partial charge in [-0.15, -0.1) is 0 Å². The fraction of sp³-hybridized carbons (Fsp3) is 0.583. The predicted molar refractivity (Wildman–Crippen MR) is 62.6 cm³/mol. The third-order valence-electron chi connectivity index (χ3n) is 3.26. The van der Waals surface area contributed by atoms with E-state index >= 15 is 0 Å². The number of aryl methyl sites for hydroxylation is 1. The second kappa shape index (κ2) is 5.39. The second-order valence-electron chi connectivity index (χ2n) is 4.30. The molecule has 16 heavy (non-hydrogen) atoms. The topological polar surface area (TPSA) is 60.2 Å². The van der Waals surface area contributed by atoms with Crippen LogP contribution in [0, 0.1) is 12.8 Å². The second-order valence-corrected chi connectivity index (χ2v) is 4.30. The Labute approximate surface area is 96.2 Å². The van der Waals surface area contributed by atoms with Crippen molar-refractivity contribution < 1.29 is 4.74 Å². The lowest BCUT2D eigenvalue weighted by Gasteiger charge is -2.30. The molecule has 1 aliphatic heterocycles. The quantitative estimate of drug-likeness (QED) is 0.597. The lowest BCUT2D eigenvalue weighted by Crippen LogP contribution is -2.37. The molecule has 0 radical (unpaired) electrons. The highest BCUT2D eigenvalue weighted by atomic mass is 16.5. The Morgan fingerprint density at radius 1 is 1.50 bits per heavy atom. The number of hydrogen-bond donors (Lipinski definition) is 2. The zero-order valence-corrected chi connectivity index (χ0v) is 9.65. The molecular formula is C12H19N3O. The van der Waals surface area contributed by atoms with Gasteiger partial charge in [-0.3, -0.25) is 16.3 Å². The first-order valence-electron chi connectivity index (χ1n) is 5.78. The zero-order valence-electron chi connectivity index (χ0n) is 9.65. The largest absolute Gasteiger partial charge is 0.381 e. The Morgan fingerprint density at radius 2 is 2.25 bits per heavy atom. The van der Waals surface area contributed by atoms with Gasteiger partial charge in [0.25, 0.3) is 0 Å². The van der Waals surface area contributed by atoms with Crippen LogP contribution in [0.1, 0.15) is 30.1 Å². The molecule has 0 saturated carbocycles. The number of aromatic nitrogens is 1. The summed E-state index contributed by atoms with van der Waals surface area (Å²) >= 11 is 0. The molecular weight excluding hydrogens is 202 g/mol. The molecule has 2 heterocycles. The van der Waals surface area contributed by atoms with Gasteiger partial charge < -0.3 is 4.74 Å². The molecule has 0 amide bonds. The van der Waals surface area contributed by atoms with Crippen LogP contribution in [0.4, 0.5) is 0 Å². The molecule has 1 unspecified atom stereocenters. The summed E-state index contributed by atoms with van der Waals surface area (Å²) < 4.78 is 5.37. The minimum Gasteiger partial charge on any atom is -0.381 e. The lowest BCUT2D eigenvalue weighted by molar-refractivity contribution is 0.0530. The van der Waals surface area contributed by atoms with Crippen LogP contribution in [0.3, 0.4) is 0 Å². The molecule has 1 aliphatic rings. The van der Waals surface area contributed by atoms with Crippen molar-refractivity contribution in [2.75, 3.05) is 13.2 Å². The highest BCUT2D eigenvalue weighted by Gasteiger charge is 2.26. The molecule has 4 nitrogen and oxygen atoms in total. The lowest BCUT2D eigenvalue weighted by atomic mass is 9.88. The molecule has 2 rings (SSSR count). The van der Waals surface area contributed by atoms with Crippen LogP contribution in [0.25, 0.3) is 0 Å². The Bertz CT molecular complexity index is 337. The van der Waals surface area contributed by atoms with Crippen molar-refractivity contribution in [3.63, 3.8) is 0 Å². The summed E-state index contributed by atoms with van der Waals surface area (Å²) in [7, 11) is 0. The number of pyridine rings is 1. The van der Waals surface area contributed by atoms with Crippen LogP contribution >= 0.6 is 0 Å². The first-order chi connectivity index (χ1) is 7.83. The fourth-order valence-corrected chi connectivity index (χ4v) is 2.31. The van der Waals surface area contributed by atoms with E-state index in [0.717, 1.165) is 31.7 Å². The summed E-state index contributed by atoms with van der Waals surface area (Å²) in [5.74, 6) is 6.19. The Kier molecular flexibility index (Phi) is 3.88. The SMILES string of the molecule is Cc1cccnc1C(NN)C1CCOCC1. The van der Waals surface area contributed by atoms with E-state index in [1.165, 1.54) is 5.56 Å². The molecule has 0 spiro atoms. The predicted octanol–water partition coefficient (Wildman–Crippen LogP) is 1.32. The van der Waals surface area contributed by atoms with E-state index in [4.69, 9.17) is 10.6 Å². The van der Waals surface area contributed by atoms with Gasteiger partial charge in [-0.05, 0) is 37.3 Å². The third kappa shape index (κ3) is 2.40. The maximum Gasteiger partial charge on any atom is 0.0664 e. The summed E-state index contributed by atoms with van der Waals surface area (Å²) in [5.41, 5.74) is 5.17. The molecule has 1 atom stereocenters. The number of nitrogens with zero attached hydrogens (tertiary/aromatic N) is 1. The first-order valence-corrected chi connectivity index (χ1v) is 5.78. The molecule has 4 heteroatoms. The van der Waals surface area contributed by atoms with Crippen molar-refractivity contribution in [2.24, 2.45) is 11.8 Å². The van der Waals surface area contributed by atoms with Gasteiger partial charge in [0.1, 0.15) is 0 Å². The molecule has 88 valence electrons. The molecule has 1 fully saturated rings. The van der Waals surface area contributed by atoms with Crippen molar-refractivity contribution in [2.45, 2.75) is 25.8 Å². The number of ether oxygens (including phenoxy) is 1. The smallest absolute Gasteiger partial charge is 0.0664 e. The summed E-state index contributed by atoms with van der Waals surface area (Å²) in [6, 6.07) is 4.17. The molecule has 1 aromatic rings. The Hall–Kier alpha value is -0.970. The van der Waals surface area contributed by atoms with E-state index in [-0.39, 0.29) is 6.04 Å². The number of hydrogen-bond acceptors (Lipinski definition) is 4. The van der Waals surface area contributed by atoms with Crippen molar-refractivity contribution in [3.8, 4) is 0 Å². The van der Waals surface area contributed by atoms with Gasteiger partial charge in [-0.2, -0.15) is 0 Å². The van der Waals surface area contributed by atoms with Crippen LogP contribution < -0.4 is 11.3 Å². The van der Waals surface area contributed by atoms with E-state index in [2.05, 4.69) is 23.4 Å². The standard InChI is InChI=1S/C12H19N3O/c1-9-3-2-6-14-11(9)12(15-13)10-4-7-16-8-5-10/h2-3,6,10,12,15H,4-5,7-8,13H2,1H3. The molecule has 0 aliphatic carbocycles. The minimum absolute atomic E-state index is 0.144. The number of rotatable bonds is 3. The van der Waals surface area contributed by atoms with Gasteiger partial charge in [0.15, 0.2) is 0 Å². The van der Waals surface area contributed by atoms with Gasteiger partial charge in [-0.1, -0.05) is 6.07 Å². The molecule has 1 saturated heterocycles. The van der Waals surface area contributed by atoms with Gasteiger partial charge in [0.2, 0.25) is 0 Å². The number of nitrogens with one attached hydrogen (secondary N) is 1. The van der Waals surface area contributed by atoms with Crippen LogP contribution in [-0.2, 0) is 4.74 Å². The number of hydrazine groups is 1. The molecule has 3 N–H and O–H groups in total. The first kappa shape index (κ1) is 11.5. The Morgan fingerprint density at radius 3 is 2.88 bits per heavy atom. The average Bonchev–Trinajstić information content (AvgIpc) is 2.34. The molecule has 0 bridgehead atoms. The molecule has 1 aromatic heterocycles. The minimum atomic E-state index is 0.144. The normalized spacial score (nSPS) is 19.6. The van der Waals surface area contributed by atoms with Crippen molar-refractivity contribution in [1.82, 2.24) is 10.4 Å². The fourth-order valence-electron chi connectivity index (χ4n) is 2.31. The highest BCUT2D eigenvalue weighted by molar-refractivity contribution is 5.21. The van der Waals surface area contributed by atoms with E-state index in [1.807, 2.05) is 12.3 Å². The van der Waals surface area contributed by atoms with Crippen LogP contribution in [-0.4, -0.2) is 18.2 Å². The van der Waals surface area contributed by atoms with Crippen molar-refractivity contribution in [3.05, 3.63) is 29.6 Å². The van der Waals surface area contributed by atoms with E-state index in [9.17, 15) is 0 Å². The summed E-state index contributed by atoms with van der Waals surface area (Å²) in [5, 5.41) is 0. The Balaban J connectivity index is 2.18. The molecule has 0 aromatic carbocycles. The highest BCUT2D eigenvalue weighted by Crippen LogP contribution is 2.29. The average molecular weight is 221 g/mol. The summed E-state index contributed by atoms with van der Waals surface area (Å²) in [6.45, 7) is 3.73. The summed E-state index contributed by atoms with van der Waals surface area (Å²) in [6.07, 6.45) is 3.92. The van der Waals surface area contributed by atoms with E-state index < -0.39 is 0 Å². The van der Waals surface area contributed by atoms with Crippen LogP contribution in [0.5, 0.6) is 0 Å². The third-order valence-corrected chi connectivity index (χ3v) is 3.26. The van der Waals surface area contributed by atoms with E-state index in [1.54, 1.807) is 0 Å². The van der Waals surface area contributed by atoms with Crippen molar-refractivity contribution in [1.29, 1.82) is 0 Å². The maximum absolute atomic E-state index is 5.67. The monoisotopic (exact) mass is 221 g/mol. The van der Waals surface area contributed by atoms with Gasteiger partial charge in [0, 0.05) is 19.4 Å².